The van der Waals surface area contributed by atoms with Gasteiger partial charge in [-0.25, -0.2) is 0 Å². The zero-order valence-electron chi connectivity index (χ0n) is 11.8. The number of ether oxygens (including phenoxy) is 2. The normalized spacial score (nSPS) is 10.7. The molecule has 18 heavy (non-hydrogen) atoms. The fourth-order valence-electron chi connectivity index (χ4n) is 1.78. The van der Waals surface area contributed by atoms with Gasteiger partial charge < -0.3 is 19.7 Å². The lowest BCUT2D eigenvalue weighted by Gasteiger charge is -2.17. The summed E-state index contributed by atoms with van der Waals surface area (Å²) in [6.45, 7) is 3.08. The first kappa shape index (κ1) is 14.8. The van der Waals surface area contributed by atoms with E-state index in [1.807, 2.05) is 19.2 Å². The van der Waals surface area contributed by atoms with Crippen LogP contribution in [0.1, 0.15) is 5.56 Å². The van der Waals surface area contributed by atoms with Crippen LogP contribution in [0.15, 0.2) is 18.2 Å². The molecule has 0 unspecified atom stereocenters. The van der Waals surface area contributed by atoms with Gasteiger partial charge in [0, 0.05) is 25.7 Å². The third-order valence-electron chi connectivity index (χ3n) is 3.00. The monoisotopic (exact) mass is 252 g/mol. The smallest absolute Gasteiger partial charge is 0.125 e. The highest BCUT2D eigenvalue weighted by atomic mass is 16.5. The summed E-state index contributed by atoms with van der Waals surface area (Å²) < 4.78 is 10.6. The van der Waals surface area contributed by atoms with Crippen molar-refractivity contribution in [2.24, 2.45) is 0 Å². The first-order valence-electron chi connectivity index (χ1n) is 6.25. The molecule has 1 aromatic carbocycles. The Balaban J connectivity index is 2.55. The summed E-state index contributed by atoms with van der Waals surface area (Å²) in [7, 11) is 7.47. The first-order valence-corrected chi connectivity index (χ1v) is 6.25. The average Bonchev–Trinajstić information content (AvgIpc) is 2.42. The second-order valence-electron chi connectivity index (χ2n) is 4.33. The standard InChI is InChI=1S/C14H24N2O2/c1-15-8-10-16(2)9-7-12-5-6-13(17-3)11-14(12)18-4/h5-6,11,15H,7-10H2,1-4H3. The Morgan fingerprint density at radius 2 is 1.94 bits per heavy atom. The zero-order chi connectivity index (χ0) is 13.4. The minimum Gasteiger partial charge on any atom is -0.497 e. The number of benzene rings is 1. The van der Waals surface area contributed by atoms with Crippen LogP contribution in [0, 0.1) is 0 Å². The SMILES string of the molecule is CNCCN(C)CCc1ccc(OC)cc1OC. The van der Waals surface area contributed by atoms with Gasteiger partial charge in [-0.05, 0) is 32.1 Å². The van der Waals surface area contributed by atoms with Crippen LogP contribution < -0.4 is 14.8 Å². The van der Waals surface area contributed by atoms with Gasteiger partial charge in [-0.2, -0.15) is 0 Å². The summed E-state index contributed by atoms with van der Waals surface area (Å²) in [6, 6.07) is 5.98. The third kappa shape index (κ3) is 4.55. The molecular formula is C14H24N2O2. The molecule has 0 atom stereocenters. The predicted molar refractivity (Wildman–Crippen MR) is 74.7 cm³/mol. The molecule has 102 valence electrons. The van der Waals surface area contributed by atoms with Gasteiger partial charge in [-0.3, -0.25) is 0 Å². The molecule has 1 rings (SSSR count). The topological polar surface area (TPSA) is 33.7 Å². The Kier molecular flexibility index (Phi) is 6.54. The maximum Gasteiger partial charge on any atom is 0.125 e. The Morgan fingerprint density at radius 3 is 2.56 bits per heavy atom. The minimum absolute atomic E-state index is 0.833. The van der Waals surface area contributed by atoms with Crippen molar-refractivity contribution in [3.8, 4) is 11.5 Å². The van der Waals surface area contributed by atoms with Crippen LogP contribution >= 0.6 is 0 Å². The van der Waals surface area contributed by atoms with Crippen LogP contribution in [0.2, 0.25) is 0 Å². The Labute approximate surface area is 110 Å². The van der Waals surface area contributed by atoms with Crippen LogP contribution in [0.5, 0.6) is 11.5 Å². The molecule has 0 aliphatic carbocycles. The van der Waals surface area contributed by atoms with Crippen LogP contribution in [-0.2, 0) is 6.42 Å². The lowest BCUT2D eigenvalue weighted by atomic mass is 10.1. The van der Waals surface area contributed by atoms with Crippen molar-refractivity contribution in [3.63, 3.8) is 0 Å². The molecule has 0 saturated heterocycles. The van der Waals surface area contributed by atoms with Crippen LogP contribution in [0.3, 0.4) is 0 Å². The third-order valence-corrected chi connectivity index (χ3v) is 3.00. The van der Waals surface area contributed by atoms with Crippen LogP contribution in [0.25, 0.3) is 0 Å². The number of rotatable bonds is 8. The molecule has 4 nitrogen and oxygen atoms in total. The van der Waals surface area contributed by atoms with Gasteiger partial charge >= 0.3 is 0 Å². The molecule has 0 aliphatic rings. The van der Waals surface area contributed by atoms with Gasteiger partial charge in [-0.1, -0.05) is 6.07 Å². The number of hydrogen-bond donors (Lipinski definition) is 1. The van der Waals surface area contributed by atoms with Gasteiger partial charge in [0.15, 0.2) is 0 Å². The van der Waals surface area contributed by atoms with Gasteiger partial charge in [0.25, 0.3) is 0 Å². The van der Waals surface area contributed by atoms with E-state index >= 15 is 0 Å². The van der Waals surface area contributed by atoms with E-state index in [9.17, 15) is 0 Å². The van der Waals surface area contributed by atoms with Crippen LogP contribution in [0.4, 0.5) is 0 Å². The summed E-state index contributed by atoms with van der Waals surface area (Å²) in [4.78, 5) is 2.31. The molecule has 1 aromatic rings. The van der Waals surface area contributed by atoms with Crippen molar-refractivity contribution < 1.29 is 9.47 Å². The largest absolute Gasteiger partial charge is 0.497 e. The molecule has 0 heterocycles. The molecule has 0 spiro atoms. The van der Waals surface area contributed by atoms with Gasteiger partial charge in [-0.15, -0.1) is 0 Å². The molecule has 0 aromatic heterocycles. The van der Waals surface area contributed by atoms with Crippen LogP contribution in [-0.4, -0.2) is 52.8 Å². The highest BCUT2D eigenvalue weighted by molar-refractivity contribution is 5.40. The van der Waals surface area contributed by atoms with E-state index in [4.69, 9.17) is 9.47 Å². The summed E-state index contributed by atoms with van der Waals surface area (Å²) in [5, 5.41) is 3.15. The molecule has 0 amide bonds. The summed E-state index contributed by atoms with van der Waals surface area (Å²) in [5.41, 5.74) is 1.22. The highest BCUT2D eigenvalue weighted by Gasteiger charge is 2.06. The maximum atomic E-state index is 5.39. The van der Waals surface area contributed by atoms with E-state index in [2.05, 4.69) is 23.3 Å². The summed E-state index contributed by atoms with van der Waals surface area (Å²) in [6.07, 6.45) is 0.980. The van der Waals surface area contributed by atoms with E-state index in [1.165, 1.54) is 5.56 Å². The zero-order valence-corrected chi connectivity index (χ0v) is 11.8. The van der Waals surface area contributed by atoms with E-state index in [0.29, 0.717) is 0 Å². The number of hydrogen-bond acceptors (Lipinski definition) is 4. The van der Waals surface area contributed by atoms with Crippen molar-refractivity contribution in [2.45, 2.75) is 6.42 Å². The Bertz CT molecular complexity index is 356. The van der Waals surface area contributed by atoms with Crippen molar-refractivity contribution >= 4 is 0 Å². The van der Waals surface area contributed by atoms with E-state index in [0.717, 1.165) is 37.6 Å². The van der Waals surface area contributed by atoms with Gasteiger partial charge in [0.2, 0.25) is 0 Å². The quantitative estimate of drug-likeness (QED) is 0.758. The Hall–Kier alpha value is -1.26. The Morgan fingerprint density at radius 1 is 1.17 bits per heavy atom. The fourth-order valence-corrected chi connectivity index (χ4v) is 1.78. The highest BCUT2D eigenvalue weighted by Crippen LogP contribution is 2.24. The number of nitrogens with one attached hydrogen (secondary N) is 1. The molecular weight excluding hydrogens is 228 g/mol. The van der Waals surface area contributed by atoms with Gasteiger partial charge in [0.05, 0.1) is 14.2 Å². The predicted octanol–water partition coefficient (Wildman–Crippen LogP) is 1.40. The van der Waals surface area contributed by atoms with Gasteiger partial charge in [0.1, 0.15) is 11.5 Å². The lowest BCUT2D eigenvalue weighted by Crippen LogP contribution is -2.29. The molecule has 0 bridgehead atoms. The number of likely N-dealkylation sites (N-methyl/N-ethyl adjacent to an activating group) is 2. The summed E-state index contributed by atoms with van der Waals surface area (Å²) in [5.74, 6) is 1.73. The molecule has 4 heteroatoms. The van der Waals surface area contributed by atoms with E-state index < -0.39 is 0 Å². The number of methoxy groups -OCH3 is 2. The lowest BCUT2D eigenvalue weighted by molar-refractivity contribution is 0.335. The van der Waals surface area contributed by atoms with E-state index in [-0.39, 0.29) is 0 Å². The van der Waals surface area contributed by atoms with Crippen molar-refractivity contribution in [1.29, 1.82) is 0 Å². The van der Waals surface area contributed by atoms with Crippen molar-refractivity contribution in [1.82, 2.24) is 10.2 Å². The molecule has 0 saturated carbocycles. The summed E-state index contributed by atoms with van der Waals surface area (Å²) >= 11 is 0. The first-order chi connectivity index (χ1) is 8.71. The van der Waals surface area contributed by atoms with E-state index in [1.54, 1.807) is 14.2 Å². The average molecular weight is 252 g/mol. The minimum atomic E-state index is 0.833. The molecule has 0 fully saturated rings. The second kappa shape index (κ2) is 7.95. The fraction of sp³-hybridized carbons (Fsp3) is 0.571. The second-order valence-corrected chi connectivity index (χ2v) is 4.33. The molecule has 0 radical (unpaired) electrons. The van der Waals surface area contributed by atoms with Crippen molar-refractivity contribution in [3.05, 3.63) is 23.8 Å². The molecule has 0 aliphatic heterocycles. The maximum absolute atomic E-state index is 5.39. The molecule has 1 N–H and O–H groups in total. The number of nitrogens with zero attached hydrogens (tertiary/aromatic N) is 1. The van der Waals surface area contributed by atoms with Crippen molar-refractivity contribution in [2.75, 3.05) is 47.9 Å².